The molecule has 47 heavy (non-hydrogen) atoms. The molecule has 0 fully saturated rings. The van der Waals surface area contributed by atoms with Crippen molar-refractivity contribution in [3.05, 3.63) is 174 Å². The molecule has 7 aromatic carbocycles. The first-order valence-corrected chi connectivity index (χ1v) is 16.7. The smallest absolute Gasteiger partial charge is 0.0624 e. The Bertz CT molecular complexity index is 2340. The van der Waals surface area contributed by atoms with Gasteiger partial charge in [0.05, 0.1) is 5.69 Å². The summed E-state index contributed by atoms with van der Waals surface area (Å²) in [6.07, 6.45) is 0. The van der Waals surface area contributed by atoms with Crippen LogP contribution < -0.4 is 4.90 Å². The minimum Gasteiger partial charge on any atom is -0.309 e. The maximum Gasteiger partial charge on any atom is 0.0624 e. The number of hydrogen-bond acceptors (Lipinski definition) is 1. The molecule has 0 saturated carbocycles. The molecule has 1 nitrogen and oxygen atoms in total. The summed E-state index contributed by atoms with van der Waals surface area (Å²) in [5.74, 6) is 0. The van der Waals surface area contributed by atoms with Crippen LogP contribution in [0.4, 0.5) is 17.1 Å². The first-order valence-electron chi connectivity index (χ1n) is 16.7. The minimum atomic E-state index is -0.144. The molecule has 1 heteroatoms. The lowest BCUT2D eigenvalue weighted by molar-refractivity contribution is 0.660. The summed E-state index contributed by atoms with van der Waals surface area (Å²) in [5.41, 5.74) is 16.7. The van der Waals surface area contributed by atoms with Gasteiger partial charge in [-0.2, -0.15) is 0 Å². The van der Waals surface area contributed by atoms with Crippen LogP contribution in [0, 0.1) is 0 Å². The standard InChI is InChI=1S/C46H37N/c1-45(2)38-25-15-13-21-33(38)34-28-27-32(29-40(34)45)47(31-19-9-6-10-20-31)44-36-23-12-11-22-35(36)43-42(41(44)30-17-7-5-8-18-30)37-24-14-16-26-39(37)46(43,3)4/h5-29H,1-4H3. The van der Waals surface area contributed by atoms with Crippen molar-refractivity contribution >= 4 is 27.8 Å². The number of hydrogen-bond donors (Lipinski definition) is 0. The van der Waals surface area contributed by atoms with Gasteiger partial charge in [0.15, 0.2) is 0 Å². The number of nitrogens with zero attached hydrogens (tertiary/aromatic N) is 1. The molecule has 2 aliphatic rings. The third-order valence-electron chi connectivity index (χ3n) is 10.8. The van der Waals surface area contributed by atoms with E-state index in [2.05, 4.69) is 184 Å². The molecule has 0 saturated heterocycles. The van der Waals surface area contributed by atoms with Crippen LogP contribution in [-0.2, 0) is 10.8 Å². The molecule has 0 bridgehead atoms. The molecular weight excluding hydrogens is 567 g/mol. The first kappa shape index (κ1) is 27.9. The highest BCUT2D eigenvalue weighted by Gasteiger charge is 2.41. The number of anilines is 3. The Labute approximate surface area is 277 Å². The largest absolute Gasteiger partial charge is 0.309 e. The van der Waals surface area contributed by atoms with Gasteiger partial charge in [0.2, 0.25) is 0 Å². The van der Waals surface area contributed by atoms with Crippen molar-refractivity contribution in [2.75, 3.05) is 4.90 Å². The van der Waals surface area contributed by atoms with Crippen molar-refractivity contribution in [2.45, 2.75) is 38.5 Å². The van der Waals surface area contributed by atoms with Gasteiger partial charge in [0.1, 0.15) is 0 Å². The number of rotatable bonds is 4. The van der Waals surface area contributed by atoms with Crippen molar-refractivity contribution in [3.8, 4) is 33.4 Å². The Hall–Kier alpha value is -5.40. The van der Waals surface area contributed by atoms with Crippen LogP contribution in [0.1, 0.15) is 49.9 Å². The third kappa shape index (κ3) is 3.90. The van der Waals surface area contributed by atoms with Crippen LogP contribution in [0.25, 0.3) is 44.2 Å². The number of fused-ring (bicyclic) bond motifs is 8. The SMILES string of the molecule is CC1(C)c2ccccc2-c2ccc(N(c3ccccc3)c3c(-c4ccccc4)c4c(c5ccccc35)C(C)(C)c3ccccc3-4)cc21. The van der Waals surface area contributed by atoms with E-state index in [1.807, 2.05) is 0 Å². The summed E-state index contributed by atoms with van der Waals surface area (Å²) >= 11 is 0. The minimum absolute atomic E-state index is 0.102. The maximum atomic E-state index is 2.53. The molecule has 9 rings (SSSR count). The molecule has 0 spiro atoms. The molecule has 0 unspecified atom stereocenters. The topological polar surface area (TPSA) is 3.24 Å². The van der Waals surface area contributed by atoms with Gasteiger partial charge in [-0.15, -0.1) is 0 Å². The molecule has 0 radical (unpaired) electrons. The van der Waals surface area contributed by atoms with Gasteiger partial charge in [0, 0.05) is 33.2 Å². The van der Waals surface area contributed by atoms with Crippen molar-refractivity contribution in [2.24, 2.45) is 0 Å². The van der Waals surface area contributed by atoms with Gasteiger partial charge in [-0.3, -0.25) is 0 Å². The van der Waals surface area contributed by atoms with E-state index in [4.69, 9.17) is 0 Å². The predicted octanol–water partition coefficient (Wildman–Crippen LogP) is 12.6. The van der Waals surface area contributed by atoms with Crippen molar-refractivity contribution in [1.29, 1.82) is 0 Å². The van der Waals surface area contributed by atoms with E-state index < -0.39 is 0 Å². The third-order valence-corrected chi connectivity index (χ3v) is 10.8. The molecule has 7 aromatic rings. The maximum absolute atomic E-state index is 2.53. The van der Waals surface area contributed by atoms with E-state index in [9.17, 15) is 0 Å². The highest BCUT2D eigenvalue weighted by atomic mass is 15.1. The second-order valence-electron chi connectivity index (χ2n) is 14.1. The Kier molecular flexibility index (Phi) is 5.96. The van der Waals surface area contributed by atoms with Gasteiger partial charge in [-0.1, -0.05) is 155 Å². The summed E-state index contributed by atoms with van der Waals surface area (Å²) in [6, 6.07) is 56.1. The molecule has 0 heterocycles. The Balaban J connectivity index is 1.43. The van der Waals surface area contributed by atoms with E-state index in [0.717, 1.165) is 5.69 Å². The summed E-state index contributed by atoms with van der Waals surface area (Å²) in [7, 11) is 0. The van der Waals surface area contributed by atoms with Crippen LogP contribution >= 0.6 is 0 Å². The lowest BCUT2D eigenvalue weighted by atomic mass is 9.78. The van der Waals surface area contributed by atoms with Crippen LogP contribution in [0.15, 0.2) is 152 Å². The lowest BCUT2D eigenvalue weighted by Gasteiger charge is -2.33. The number of para-hydroxylation sites is 1. The highest BCUT2D eigenvalue weighted by Crippen LogP contribution is 2.60. The van der Waals surface area contributed by atoms with Gasteiger partial charge in [-0.05, 0) is 79.7 Å². The van der Waals surface area contributed by atoms with Crippen molar-refractivity contribution < 1.29 is 0 Å². The summed E-state index contributed by atoms with van der Waals surface area (Å²) in [6.45, 7) is 9.53. The monoisotopic (exact) mass is 603 g/mol. The fraction of sp³-hybridized carbons (Fsp3) is 0.130. The van der Waals surface area contributed by atoms with Gasteiger partial charge in [-0.25, -0.2) is 0 Å². The second kappa shape index (κ2) is 10.0. The van der Waals surface area contributed by atoms with E-state index in [-0.39, 0.29) is 10.8 Å². The average molecular weight is 604 g/mol. The van der Waals surface area contributed by atoms with E-state index in [0.29, 0.717) is 0 Å². The van der Waals surface area contributed by atoms with Crippen LogP contribution in [0.5, 0.6) is 0 Å². The first-order chi connectivity index (χ1) is 22.9. The molecule has 0 amide bonds. The van der Waals surface area contributed by atoms with E-state index in [1.165, 1.54) is 77.8 Å². The molecule has 226 valence electrons. The number of benzene rings is 7. The predicted molar refractivity (Wildman–Crippen MR) is 199 cm³/mol. The quantitative estimate of drug-likeness (QED) is 0.193. The van der Waals surface area contributed by atoms with E-state index >= 15 is 0 Å². The summed E-state index contributed by atoms with van der Waals surface area (Å²) in [4.78, 5) is 2.53. The zero-order valence-corrected chi connectivity index (χ0v) is 27.4. The zero-order valence-electron chi connectivity index (χ0n) is 27.4. The van der Waals surface area contributed by atoms with E-state index in [1.54, 1.807) is 0 Å². The fourth-order valence-corrected chi connectivity index (χ4v) is 8.65. The summed E-state index contributed by atoms with van der Waals surface area (Å²) < 4.78 is 0. The van der Waals surface area contributed by atoms with Gasteiger partial charge < -0.3 is 4.90 Å². The normalized spacial score (nSPS) is 14.7. The van der Waals surface area contributed by atoms with Gasteiger partial charge in [0.25, 0.3) is 0 Å². The lowest BCUT2D eigenvalue weighted by Crippen LogP contribution is -2.18. The van der Waals surface area contributed by atoms with Gasteiger partial charge >= 0.3 is 0 Å². The molecule has 0 N–H and O–H groups in total. The molecular formula is C46H37N. The second-order valence-corrected chi connectivity index (χ2v) is 14.1. The summed E-state index contributed by atoms with van der Waals surface area (Å²) in [5, 5.41) is 2.58. The fourth-order valence-electron chi connectivity index (χ4n) is 8.65. The van der Waals surface area contributed by atoms with Crippen LogP contribution in [-0.4, -0.2) is 0 Å². The molecule has 0 aliphatic heterocycles. The Morgan fingerprint density at radius 1 is 0.404 bits per heavy atom. The van der Waals surface area contributed by atoms with Crippen molar-refractivity contribution in [1.82, 2.24) is 0 Å². The van der Waals surface area contributed by atoms with Crippen molar-refractivity contribution in [3.63, 3.8) is 0 Å². The average Bonchev–Trinajstić information content (AvgIpc) is 3.49. The van der Waals surface area contributed by atoms with Crippen LogP contribution in [0.3, 0.4) is 0 Å². The molecule has 0 aromatic heterocycles. The highest BCUT2D eigenvalue weighted by molar-refractivity contribution is 6.15. The Morgan fingerprint density at radius 3 is 1.68 bits per heavy atom. The molecule has 0 atom stereocenters. The zero-order chi connectivity index (χ0) is 31.9. The van der Waals surface area contributed by atoms with Crippen LogP contribution in [0.2, 0.25) is 0 Å². The molecule has 2 aliphatic carbocycles. The Morgan fingerprint density at radius 2 is 0.957 bits per heavy atom.